The summed E-state index contributed by atoms with van der Waals surface area (Å²) in [6, 6.07) is 0. The van der Waals surface area contributed by atoms with Crippen molar-refractivity contribution in [3.8, 4) is 0 Å². The molecule has 0 aromatic rings. The first-order valence-corrected chi connectivity index (χ1v) is 4.35. The van der Waals surface area contributed by atoms with E-state index in [0.717, 1.165) is 0 Å². The maximum atomic E-state index is 3.86. The van der Waals surface area contributed by atoms with Gasteiger partial charge < -0.3 is 0 Å². The van der Waals surface area contributed by atoms with E-state index in [2.05, 4.69) is 16.7 Å². The Balaban J connectivity index is 2.59. The molecule has 0 saturated carbocycles. The lowest BCUT2D eigenvalue weighted by atomic mass is 11.3. The van der Waals surface area contributed by atoms with E-state index in [4.69, 9.17) is 0 Å². The first kappa shape index (κ1) is 4.47. The number of hydrogen-bond acceptors (Lipinski definition) is 1. The van der Waals surface area contributed by atoms with Gasteiger partial charge in [-0.1, -0.05) is 5.87 Å². The molecule has 0 aliphatic carbocycles. The Morgan fingerprint density at radius 3 is 2.83 bits per heavy atom. The van der Waals surface area contributed by atoms with Crippen LogP contribution in [0, 0.1) is 0 Å². The molecule has 1 heterocycles. The summed E-state index contributed by atoms with van der Waals surface area (Å²) in [6.45, 7) is 0. The van der Waals surface area contributed by atoms with Crippen molar-refractivity contribution in [1.82, 2.24) is 0 Å². The van der Waals surface area contributed by atoms with Crippen LogP contribution < -0.4 is 0 Å². The first-order valence-electron chi connectivity index (χ1n) is 1.67. The van der Waals surface area contributed by atoms with Gasteiger partial charge in [-0.15, -0.1) is 11.8 Å². The molecule has 0 spiro atoms. The van der Waals surface area contributed by atoms with E-state index in [0.29, 0.717) is 10.5 Å². The van der Waals surface area contributed by atoms with Gasteiger partial charge in [0.05, 0.1) is 0 Å². The summed E-state index contributed by atoms with van der Waals surface area (Å²) in [5.74, 6) is 3.86. The third kappa shape index (κ3) is 0.884. The standard InChI is InChI=1S/C4H6S2/c1-6-3-2-5-4-6/h2-3H,1,4H2. The Hall–Kier alpha value is 0.310. The van der Waals surface area contributed by atoms with E-state index >= 15 is 0 Å². The molecule has 0 saturated heterocycles. The van der Waals surface area contributed by atoms with Gasteiger partial charge in [0, 0.05) is 5.08 Å². The summed E-state index contributed by atoms with van der Waals surface area (Å²) in [5.41, 5.74) is 0. The molecule has 1 unspecified atom stereocenters. The molecule has 0 amide bonds. The molecule has 0 nitrogen and oxygen atoms in total. The highest BCUT2D eigenvalue weighted by Gasteiger charge is 1.90. The fourth-order valence-electron chi connectivity index (χ4n) is 0.284. The fraction of sp³-hybridized carbons (Fsp3) is 0.250. The van der Waals surface area contributed by atoms with Crippen LogP contribution in [0.5, 0.6) is 0 Å². The van der Waals surface area contributed by atoms with Crippen molar-refractivity contribution in [3.05, 3.63) is 10.8 Å². The molecule has 0 N–H and O–H groups in total. The van der Waals surface area contributed by atoms with Crippen molar-refractivity contribution >= 4 is 28.1 Å². The Labute approximate surface area is 44.6 Å². The molecule has 0 radical (unpaired) electrons. The van der Waals surface area contributed by atoms with Crippen LogP contribution in [0.25, 0.3) is 0 Å². The molecule has 34 valence electrons. The van der Waals surface area contributed by atoms with Crippen LogP contribution in [0.2, 0.25) is 0 Å². The van der Waals surface area contributed by atoms with Gasteiger partial charge in [0.25, 0.3) is 0 Å². The van der Waals surface area contributed by atoms with E-state index in [9.17, 15) is 0 Å². The van der Waals surface area contributed by atoms with Crippen LogP contribution in [0.15, 0.2) is 10.8 Å². The maximum absolute atomic E-state index is 3.86. The quantitative estimate of drug-likeness (QED) is 0.437. The average Bonchev–Trinajstić information content (AvgIpc) is 1.86. The van der Waals surface area contributed by atoms with Gasteiger partial charge in [-0.3, -0.25) is 0 Å². The molecular formula is C4H6S2. The highest BCUT2D eigenvalue weighted by molar-refractivity contribution is 8.29. The molecule has 1 rings (SSSR count). The lowest BCUT2D eigenvalue weighted by Crippen LogP contribution is -1.52. The second-order valence-corrected chi connectivity index (χ2v) is 3.99. The van der Waals surface area contributed by atoms with Gasteiger partial charge in [-0.05, 0) is 10.8 Å². The van der Waals surface area contributed by atoms with Gasteiger partial charge in [0.2, 0.25) is 0 Å². The average molecular weight is 118 g/mol. The summed E-state index contributed by atoms with van der Waals surface area (Å²) in [4.78, 5) is 0. The van der Waals surface area contributed by atoms with Gasteiger partial charge in [0.1, 0.15) is 0 Å². The Bertz CT molecular complexity index is 93.7. The third-order valence-corrected chi connectivity index (χ3v) is 3.34. The van der Waals surface area contributed by atoms with E-state index in [1.54, 1.807) is 0 Å². The molecular weight excluding hydrogens is 112 g/mol. The van der Waals surface area contributed by atoms with Gasteiger partial charge in [-0.2, -0.15) is 10.5 Å². The van der Waals surface area contributed by atoms with E-state index in [1.165, 1.54) is 5.08 Å². The number of hydrogen-bond donors (Lipinski definition) is 0. The zero-order chi connectivity index (χ0) is 4.41. The number of thioether (sulfide) groups is 1. The van der Waals surface area contributed by atoms with Gasteiger partial charge >= 0.3 is 0 Å². The van der Waals surface area contributed by atoms with Crippen LogP contribution in [-0.4, -0.2) is 11.0 Å². The minimum absolute atomic E-state index is 0.360. The Kier molecular flexibility index (Phi) is 1.37. The smallest absolute Gasteiger partial charge is 0.0416 e. The Morgan fingerprint density at radius 2 is 2.67 bits per heavy atom. The lowest BCUT2D eigenvalue weighted by Gasteiger charge is -1.81. The minimum Gasteiger partial charge on any atom is -0.158 e. The van der Waals surface area contributed by atoms with Crippen molar-refractivity contribution < 1.29 is 0 Å². The second-order valence-electron chi connectivity index (χ2n) is 1.09. The molecule has 1 aliphatic heterocycles. The molecule has 1 atom stereocenters. The predicted molar refractivity (Wildman–Crippen MR) is 36.3 cm³/mol. The summed E-state index contributed by atoms with van der Waals surface area (Å²) >= 11 is 1.85. The van der Waals surface area contributed by atoms with Crippen LogP contribution in [0.4, 0.5) is 0 Å². The molecule has 0 aromatic carbocycles. The van der Waals surface area contributed by atoms with Crippen LogP contribution in [0.3, 0.4) is 0 Å². The Morgan fingerprint density at radius 1 is 1.83 bits per heavy atom. The van der Waals surface area contributed by atoms with Crippen molar-refractivity contribution in [2.75, 3.05) is 5.08 Å². The summed E-state index contributed by atoms with van der Waals surface area (Å²) < 4.78 is 0. The monoisotopic (exact) mass is 118 g/mol. The van der Waals surface area contributed by atoms with Crippen molar-refractivity contribution in [2.24, 2.45) is 0 Å². The normalized spacial score (nSPS) is 31.7. The predicted octanol–water partition coefficient (Wildman–Crippen LogP) is 1.86. The maximum Gasteiger partial charge on any atom is 0.0416 e. The second kappa shape index (κ2) is 1.85. The summed E-state index contributed by atoms with van der Waals surface area (Å²) in [7, 11) is 0.360. The minimum atomic E-state index is 0.360. The van der Waals surface area contributed by atoms with E-state index in [1.807, 2.05) is 11.8 Å². The molecule has 0 fully saturated rings. The largest absolute Gasteiger partial charge is 0.158 e. The van der Waals surface area contributed by atoms with Crippen molar-refractivity contribution in [2.45, 2.75) is 0 Å². The topological polar surface area (TPSA) is 0 Å². The van der Waals surface area contributed by atoms with E-state index in [-0.39, 0.29) is 0 Å². The lowest BCUT2D eigenvalue weighted by molar-refractivity contribution is 2.32. The van der Waals surface area contributed by atoms with Gasteiger partial charge in [-0.25, -0.2) is 0 Å². The first-order chi connectivity index (χ1) is 2.89. The van der Waals surface area contributed by atoms with Crippen LogP contribution >= 0.6 is 22.2 Å². The molecule has 0 bridgehead atoms. The van der Waals surface area contributed by atoms with Gasteiger partial charge in [0.15, 0.2) is 0 Å². The summed E-state index contributed by atoms with van der Waals surface area (Å²) in [6.07, 6.45) is 0. The molecule has 0 aromatic heterocycles. The van der Waals surface area contributed by atoms with Crippen molar-refractivity contribution in [3.63, 3.8) is 0 Å². The third-order valence-electron chi connectivity index (χ3n) is 0.564. The highest BCUT2D eigenvalue weighted by Crippen LogP contribution is 2.27. The number of rotatable bonds is 0. The van der Waals surface area contributed by atoms with Crippen LogP contribution in [0.1, 0.15) is 0 Å². The summed E-state index contributed by atoms with van der Waals surface area (Å²) in [5, 5.41) is 5.49. The zero-order valence-electron chi connectivity index (χ0n) is 3.39. The SMILES string of the molecule is C=S1C=CSC1. The fourth-order valence-corrected chi connectivity index (χ4v) is 2.55. The zero-order valence-corrected chi connectivity index (χ0v) is 5.02. The van der Waals surface area contributed by atoms with Crippen LogP contribution in [-0.2, 0) is 0 Å². The van der Waals surface area contributed by atoms with Crippen molar-refractivity contribution in [1.29, 1.82) is 0 Å². The highest BCUT2D eigenvalue weighted by atomic mass is 32.2. The molecule has 1 aliphatic rings. The molecule has 2 heteroatoms. The van der Waals surface area contributed by atoms with E-state index < -0.39 is 0 Å². The molecule has 6 heavy (non-hydrogen) atoms.